The Morgan fingerprint density at radius 3 is 2.68 bits per heavy atom. The van der Waals surface area contributed by atoms with E-state index in [1.54, 1.807) is 4.90 Å². The minimum Gasteiger partial charge on any atom is -0.379 e. The summed E-state index contributed by atoms with van der Waals surface area (Å²) in [5.41, 5.74) is 0.788. The maximum Gasteiger partial charge on any atom is 0.247 e. The van der Waals surface area contributed by atoms with Gasteiger partial charge in [0.05, 0.1) is 28.3 Å². The predicted octanol–water partition coefficient (Wildman–Crippen LogP) is 4.11. The van der Waals surface area contributed by atoms with E-state index in [9.17, 15) is 17.6 Å². The van der Waals surface area contributed by atoms with E-state index in [0.29, 0.717) is 37.7 Å². The Morgan fingerprint density at radius 2 is 1.92 bits per heavy atom. The number of aromatic nitrogens is 1. The summed E-state index contributed by atoms with van der Waals surface area (Å²) < 4.78 is 48.8. The zero-order valence-electron chi connectivity index (χ0n) is 20.2. The van der Waals surface area contributed by atoms with Gasteiger partial charge in [-0.2, -0.15) is 4.31 Å². The maximum absolute atomic E-state index is 14.0. The molecule has 2 saturated heterocycles. The molecule has 2 fully saturated rings. The third-order valence-electron chi connectivity index (χ3n) is 6.70. The topological polar surface area (TPSA) is 83.1 Å². The van der Waals surface area contributed by atoms with Gasteiger partial charge in [-0.3, -0.25) is 14.6 Å². The Labute approximate surface area is 228 Å². The van der Waals surface area contributed by atoms with Gasteiger partial charge in [0.1, 0.15) is 11.9 Å². The first kappa shape index (κ1) is 26.6. The summed E-state index contributed by atoms with van der Waals surface area (Å²) in [5.74, 6) is -0.787. The largest absolute Gasteiger partial charge is 0.379 e. The van der Waals surface area contributed by atoms with Gasteiger partial charge in [0.15, 0.2) is 5.13 Å². The number of sulfonamides is 1. The molecular weight excluding hydrogens is 583 g/mol. The smallest absolute Gasteiger partial charge is 0.247 e. The first-order chi connectivity index (χ1) is 17.8. The molecule has 198 valence electrons. The first-order valence-electron chi connectivity index (χ1n) is 12.3. The average molecular weight is 612 g/mol. The number of hydrogen-bond donors (Lipinski definition) is 0. The Balaban J connectivity index is 1.41. The molecule has 37 heavy (non-hydrogen) atoms. The SMILES string of the molecule is O=C(C1CCCN1S(=O)(=O)c1ccc(F)cc1)N(CCCN1CCOCC1)c1nc2ccc(Br)cc2s1. The maximum atomic E-state index is 14.0. The van der Waals surface area contributed by atoms with E-state index in [-0.39, 0.29) is 17.3 Å². The third kappa shape index (κ3) is 5.89. The van der Waals surface area contributed by atoms with Crippen LogP contribution in [0.2, 0.25) is 0 Å². The first-order valence-corrected chi connectivity index (χ1v) is 15.3. The van der Waals surface area contributed by atoms with Crippen molar-refractivity contribution in [1.82, 2.24) is 14.2 Å². The zero-order chi connectivity index (χ0) is 26.0. The van der Waals surface area contributed by atoms with Gasteiger partial charge < -0.3 is 4.74 Å². The van der Waals surface area contributed by atoms with Gasteiger partial charge in [-0.25, -0.2) is 17.8 Å². The molecule has 1 atom stereocenters. The minimum atomic E-state index is -3.96. The van der Waals surface area contributed by atoms with Crippen molar-refractivity contribution in [1.29, 1.82) is 0 Å². The Hall–Kier alpha value is -1.96. The van der Waals surface area contributed by atoms with Gasteiger partial charge in [0.2, 0.25) is 15.9 Å². The number of anilines is 1. The fourth-order valence-corrected chi connectivity index (χ4v) is 7.98. The minimum absolute atomic E-state index is 0.0164. The van der Waals surface area contributed by atoms with Crippen molar-refractivity contribution >= 4 is 58.5 Å². The van der Waals surface area contributed by atoms with Crippen LogP contribution in [0.3, 0.4) is 0 Å². The summed E-state index contributed by atoms with van der Waals surface area (Å²) in [4.78, 5) is 22.7. The Kier molecular flexibility index (Phi) is 8.22. The summed E-state index contributed by atoms with van der Waals surface area (Å²) >= 11 is 4.91. The van der Waals surface area contributed by atoms with E-state index < -0.39 is 21.9 Å². The van der Waals surface area contributed by atoms with E-state index in [1.807, 2.05) is 18.2 Å². The van der Waals surface area contributed by atoms with Gasteiger partial charge in [-0.05, 0) is 61.7 Å². The lowest BCUT2D eigenvalue weighted by Gasteiger charge is -2.30. The summed E-state index contributed by atoms with van der Waals surface area (Å²) in [7, 11) is -3.96. The van der Waals surface area contributed by atoms with E-state index in [2.05, 4.69) is 20.8 Å². The molecule has 5 rings (SSSR count). The van der Waals surface area contributed by atoms with Crippen LogP contribution >= 0.6 is 27.3 Å². The number of ether oxygens (including phenoxy) is 1. The highest BCUT2D eigenvalue weighted by molar-refractivity contribution is 9.10. The molecule has 1 amide bonds. The van der Waals surface area contributed by atoms with Crippen LogP contribution in [-0.4, -0.2) is 80.5 Å². The van der Waals surface area contributed by atoms with Crippen molar-refractivity contribution in [2.75, 3.05) is 50.8 Å². The number of fused-ring (bicyclic) bond motifs is 1. The highest BCUT2D eigenvalue weighted by Gasteiger charge is 2.42. The number of thiazole rings is 1. The average Bonchev–Trinajstić information content (AvgIpc) is 3.55. The van der Waals surface area contributed by atoms with Gasteiger partial charge in [0.25, 0.3) is 0 Å². The molecule has 1 unspecified atom stereocenters. The molecule has 0 aliphatic carbocycles. The second-order valence-electron chi connectivity index (χ2n) is 9.13. The number of carbonyl (C=O) groups excluding carboxylic acids is 1. The fraction of sp³-hybridized carbons (Fsp3) is 0.440. The standard InChI is InChI=1S/C25H28BrFN4O4S2/c26-18-4-9-21-23(17-18)36-25(28-21)30(11-2-10-29-13-15-35-16-14-29)24(32)22-3-1-12-31(22)37(33,34)20-7-5-19(27)6-8-20/h4-9,17,22H,1-3,10-16H2. The van der Waals surface area contributed by atoms with Gasteiger partial charge >= 0.3 is 0 Å². The molecule has 8 nitrogen and oxygen atoms in total. The van der Waals surface area contributed by atoms with Crippen LogP contribution in [0.4, 0.5) is 9.52 Å². The monoisotopic (exact) mass is 610 g/mol. The highest BCUT2D eigenvalue weighted by atomic mass is 79.9. The number of benzene rings is 2. The lowest BCUT2D eigenvalue weighted by molar-refractivity contribution is -0.121. The summed E-state index contributed by atoms with van der Waals surface area (Å²) in [6.07, 6.45) is 1.73. The number of carbonyl (C=O) groups is 1. The summed E-state index contributed by atoms with van der Waals surface area (Å²) in [5, 5.41) is 0.561. The fourth-order valence-electron chi connectivity index (χ4n) is 4.78. The van der Waals surface area contributed by atoms with Crippen LogP contribution in [0.25, 0.3) is 10.2 Å². The van der Waals surface area contributed by atoms with Crippen LogP contribution in [-0.2, 0) is 19.6 Å². The molecule has 0 saturated carbocycles. The lowest BCUT2D eigenvalue weighted by Crippen LogP contribution is -2.48. The highest BCUT2D eigenvalue weighted by Crippen LogP contribution is 2.34. The van der Waals surface area contributed by atoms with E-state index in [0.717, 1.165) is 52.9 Å². The number of nitrogens with zero attached hydrogens (tertiary/aromatic N) is 4. The molecule has 3 heterocycles. The third-order valence-corrected chi connectivity index (χ3v) is 10.2. The van der Waals surface area contributed by atoms with Crippen molar-refractivity contribution in [3.8, 4) is 0 Å². The van der Waals surface area contributed by atoms with Gasteiger partial charge in [0, 0.05) is 37.2 Å². The van der Waals surface area contributed by atoms with Crippen molar-refractivity contribution in [2.24, 2.45) is 0 Å². The molecule has 1 aromatic heterocycles. The van der Waals surface area contributed by atoms with Crippen molar-refractivity contribution < 1.29 is 22.3 Å². The Bertz CT molecular complexity index is 1360. The van der Waals surface area contributed by atoms with Crippen LogP contribution in [0.5, 0.6) is 0 Å². The van der Waals surface area contributed by atoms with Crippen LogP contribution in [0.1, 0.15) is 19.3 Å². The number of halogens is 2. The predicted molar refractivity (Wildman–Crippen MR) is 145 cm³/mol. The Morgan fingerprint density at radius 1 is 1.16 bits per heavy atom. The van der Waals surface area contributed by atoms with Crippen molar-refractivity contribution in [3.63, 3.8) is 0 Å². The number of morpholine rings is 1. The van der Waals surface area contributed by atoms with E-state index >= 15 is 0 Å². The van der Waals surface area contributed by atoms with Crippen LogP contribution < -0.4 is 4.90 Å². The molecule has 2 aliphatic rings. The van der Waals surface area contributed by atoms with Gasteiger partial charge in [-0.15, -0.1) is 0 Å². The molecule has 12 heteroatoms. The van der Waals surface area contributed by atoms with Crippen molar-refractivity contribution in [2.45, 2.75) is 30.2 Å². The molecule has 2 aromatic carbocycles. The molecule has 3 aromatic rings. The molecule has 2 aliphatic heterocycles. The lowest BCUT2D eigenvalue weighted by atomic mass is 10.2. The second-order valence-corrected chi connectivity index (χ2v) is 12.9. The quantitative estimate of drug-likeness (QED) is 0.382. The number of amides is 1. The molecule has 0 N–H and O–H groups in total. The van der Waals surface area contributed by atoms with Crippen molar-refractivity contribution in [3.05, 3.63) is 52.8 Å². The summed E-state index contributed by atoms with van der Waals surface area (Å²) in [6.45, 7) is 4.60. The molecule has 0 radical (unpaired) electrons. The molecule has 0 bridgehead atoms. The summed E-state index contributed by atoms with van der Waals surface area (Å²) in [6, 6.07) is 9.67. The zero-order valence-corrected chi connectivity index (χ0v) is 23.4. The number of hydrogen-bond acceptors (Lipinski definition) is 7. The second kappa shape index (κ2) is 11.4. The van der Waals surface area contributed by atoms with Crippen LogP contribution in [0, 0.1) is 5.82 Å². The van der Waals surface area contributed by atoms with Crippen LogP contribution in [0.15, 0.2) is 51.8 Å². The number of rotatable bonds is 8. The van der Waals surface area contributed by atoms with E-state index in [4.69, 9.17) is 9.72 Å². The van der Waals surface area contributed by atoms with E-state index in [1.165, 1.54) is 27.8 Å². The molecule has 0 spiro atoms. The normalized spacial score (nSPS) is 19.5. The van der Waals surface area contributed by atoms with Gasteiger partial charge in [-0.1, -0.05) is 27.3 Å². The molecular formula is C25H28BrFN4O4S2.